The molecule has 0 aliphatic rings. The molecule has 0 saturated heterocycles. The first-order valence-corrected chi connectivity index (χ1v) is 9.21. The van der Waals surface area contributed by atoms with E-state index in [4.69, 9.17) is 9.47 Å². The number of methoxy groups -OCH3 is 2. The Labute approximate surface area is 162 Å². The van der Waals surface area contributed by atoms with Gasteiger partial charge in [-0.2, -0.15) is 0 Å². The van der Waals surface area contributed by atoms with Gasteiger partial charge in [-0.3, -0.25) is 4.79 Å². The van der Waals surface area contributed by atoms with Crippen molar-refractivity contribution < 1.29 is 14.3 Å². The van der Waals surface area contributed by atoms with E-state index in [2.05, 4.69) is 15.6 Å². The number of carbonyl (C=O) groups excluding carboxylic acids is 1. The van der Waals surface area contributed by atoms with E-state index in [0.29, 0.717) is 22.3 Å². The summed E-state index contributed by atoms with van der Waals surface area (Å²) in [5, 5.41) is 8.42. The topological polar surface area (TPSA) is 72.5 Å². The third-order valence-corrected chi connectivity index (χ3v) is 4.79. The number of anilines is 3. The number of nitrogens with one attached hydrogen (secondary N) is 2. The molecule has 140 valence electrons. The van der Waals surface area contributed by atoms with Crippen molar-refractivity contribution in [3.8, 4) is 11.5 Å². The lowest BCUT2D eigenvalue weighted by molar-refractivity contribution is 0.102. The molecule has 0 aliphatic carbocycles. The molecule has 27 heavy (non-hydrogen) atoms. The number of carbonyl (C=O) groups is 1. The Morgan fingerprint density at radius 2 is 1.85 bits per heavy atom. The lowest BCUT2D eigenvalue weighted by atomic mass is 10.1. The standard InChI is InChI=1S/C20H21N3O3S/c1-12-5-6-13(2)16(9-12)21-19(24)17-11-27-20(23-17)22-15-8-7-14(25-3)10-18(15)26-4/h5-11H,1-4H3,(H,21,24)(H,22,23). The summed E-state index contributed by atoms with van der Waals surface area (Å²) in [5.74, 6) is 1.09. The number of aryl methyl sites for hydroxylation is 2. The maximum absolute atomic E-state index is 12.5. The highest BCUT2D eigenvalue weighted by Gasteiger charge is 2.14. The van der Waals surface area contributed by atoms with Crippen molar-refractivity contribution in [3.05, 3.63) is 58.6 Å². The molecule has 0 aliphatic heterocycles. The zero-order chi connectivity index (χ0) is 19.4. The number of amides is 1. The van der Waals surface area contributed by atoms with Crippen molar-refractivity contribution in [1.82, 2.24) is 4.98 Å². The first-order valence-electron chi connectivity index (χ1n) is 8.33. The Bertz CT molecular complexity index is 969. The molecule has 3 rings (SSSR count). The van der Waals surface area contributed by atoms with Crippen LogP contribution in [0.1, 0.15) is 21.6 Å². The zero-order valence-electron chi connectivity index (χ0n) is 15.6. The van der Waals surface area contributed by atoms with E-state index in [1.54, 1.807) is 25.7 Å². The molecule has 7 heteroatoms. The summed E-state index contributed by atoms with van der Waals surface area (Å²) in [7, 11) is 3.19. The van der Waals surface area contributed by atoms with Gasteiger partial charge in [-0.15, -0.1) is 11.3 Å². The fraction of sp³-hybridized carbons (Fsp3) is 0.200. The molecule has 0 bridgehead atoms. The second kappa shape index (κ2) is 8.09. The van der Waals surface area contributed by atoms with E-state index < -0.39 is 0 Å². The predicted octanol–water partition coefficient (Wildman–Crippen LogP) is 4.77. The molecule has 0 unspecified atom stereocenters. The van der Waals surface area contributed by atoms with Crippen LogP contribution in [0.2, 0.25) is 0 Å². The maximum Gasteiger partial charge on any atom is 0.275 e. The smallest absolute Gasteiger partial charge is 0.275 e. The van der Waals surface area contributed by atoms with Gasteiger partial charge in [-0.25, -0.2) is 4.98 Å². The van der Waals surface area contributed by atoms with E-state index >= 15 is 0 Å². The lowest BCUT2D eigenvalue weighted by Gasteiger charge is -2.10. The first-order chi connectivity index (χ1) is 13.0. The van der Waals surface area contributed by atoms with Crippen LogP contribution >= 0.6 is 11.3 Å². The number of hydrogen-bond donors (Lipinski definition) is 2. The fourth-order valence-electron chi connectivity index (χ4n) is 2.51. The van der Waals surface area contributed by atoms with Crippen molar-refractivity contribution in [2.75, 3.05) is 24.9 Å². The quantitative estimate of drug-likeness (QED) is 0.641. The summed E-state index contributed by atoms with van der Waals surface area (Å²) in [5.41, 5.74) is 3.98. The van der Waals surface area contributed by atoms with E-state index in [9.17, 15) is 4.79 Å². The minimum Gasteiger partial charge on any atom is -0.497 e. The van der Waals surface area contributed by atoms with Crippen molar-refractivity contribution in [3.63, 3.8) is 0 Å². The number of hydrogen-bond acceptors (Lipinski definition) is 6. The van der Waals surface area contributed by atoms with Gasteiger partial charge in [0, 0.05) is 17.1 Å². The van der Waals surface area contributed by atoms with Gasteiger partial charge >= 0.3 is 0 Å². The van der Waals surface area contributed by atoms with Gasteiger partial charge in [0.25, 0.3) is 5.91 Å². The molecule has 0 atom stereocenters. The molecule has 6 nitrogen and oxygen atoms in total. The largest absolute Gasteiger partial charge is 0.497 e. The van der Waals surface area contributed by atoms with E-state index in [1.165, 1.54) is 11.3 Å². The van der Waals surface area contributed by atoms with Gasteiger partial charge in [0.1, 0.15) is 17.2 Å². The van der Waals surface area contributed by atoms with Crippen molar-refractivity contribution in [2.24, 2.45) is 0 Å². The molecule has 1 amide bonds. The highest BCUT2D eigenvalue weighted by molar-refractivity contribution is 7.14. The first kappa shape index (κ1) is 18.7. The highest BCUT2D eigenvalue weighted by atomic mass is 32.1. The Morgan fingerprint density at radius 1 is 1.04 bits per heavy atom. The van der Waals surface area contributed by atoms with Gasteiger partial charge in [0.05, 0.1) is 19.9 Å². The Kier molecular flexibility index (Phi) is 5.61. The van der Waals surface area contributed by atoms with Crippen molar-refractivity contribution in [2.45, 2.75) is 13.8 Å². The van der Waals surface area contributed by atoms with Crippen LogP contribution < -0.4 is 20.1 Å². The summed E-state index contributed by atoms with van der Waals surface area (Å²) in [6.45, 7) is 3.95. The molecule has 0 radical (unpaired) electrons. The van der Waals surface area contributed by atoms with Gasteiger partial charge < -0.3 is 20.1 Å². The van der Waals surface area contributed by atoms with Crippen LogP contribution in [0.15, 0.2) is 41.8 Å². The summed E-state index contributed by atoms with van der Waals surface area (Å²) >= 11 is 1.35. The van der Waals surface area contributed by atoms with Crippen LogP contribution in [0.4, 0.5) is 16.5 Å². The number of benzene rings is 2. The molecular formula is C20H21N3O3S. The third-order valence-electron chi connectivity index (χ3n) is 4.03. The van der Waals surface area contributed by atoms with Gasteiger partial charge in [0.15, 0.2) is 5.13 Å². The molecule has 0 fully saturated rings. The SMILES string of the molecule is COc1ccc(Nc2nc(C(=O)Nc3cc(C)ccc3C)cs2)c(OC)c1. The minimum absolute atomic E-state index is 0.241. The second-order valence-electron chi connectivity index (χ2n) is 6.00. The van der Waals surface area contributed by atoms with Gasteiger partial charge in [-0.1, -0.05) is 12.1 Å². The summed E-state index contributed by atoms with van der Waals surface area (Å²) in [6.07, 6.45) is 0. The molecule has 2 aromatic carbocycles. The second-order valence-corrected chi connectivity index (χ2v) is 6.86. The van der Waals surface area contributed by atoms with Crippen LogP contribution in [0, 0.1) is 13.8 Å². The Balaban J connectivity index is 1.75. The molecule has 2 N–H and O–H groups in total. The molecular weight excluding hydrogens is 362 g/mol. The van der Waals surface area contributed by atoms with E-state index in [0.717, 1.165) is 22.5 Å². The summed E-state index contributed by atoms with van der Waals surface area (Å²) < 4.78 is 10.6. The maximum atomic E-state index is 12.5. The summed E-state index contributed by atoms with van der Waals surface area (Å²) in [6, 6.07) is 11.4. The number of rotatable bonds is 6. The molecule has 1 heterocycles. The van der Waals surface area contributed by atoms with Crippen molar-refractivity contribution >= 4 is 33.8 Å². The van der Waals surface area contributed by atoms with Crippen molar-refractivity contribution in [1.29, 1.82) is 0 Å². The average Bonchev–Trinajstić information content (AvgIpc) is 3.13. The molecule has 1 aromatic heterocycles. The number of thiazole rings is 1. The minimum atomic E-state index is -0.241. The van der Waals surface area contributed by atoms with Gasteiger partial charge in [0.2, 0.25) is 0 Å². The fourth-order valence-corrected chi connectivity index (χ4v) is 3.21. The molecule has 0 saturated carbocycles. The van der Waals surface area contributed by atoms with Crippen LogP contribution in [-0.4, -0.2) is 25.1 Å². The number of aromatic nitrogens is 1. The number of ether oxygens (including phenoxy) is 2. The van der Waals surface area contributed by atoms with Crippen LogP contribution in [-0.2, 0) is 0 Å². The normalized spacial score (nSPS) is 10.4. The predicted molar refractivity (Wildman–Crippen MR) is 109 cm³/mol. The monoisotopic (exact) mass is 383 g/mol. The highest BCUT2D eigenvalue weighted by Crippen LogP contribution is 2.32. The Morgan fingerprint density at radius 3 is 2.59 bits per heavy atom. The van der Waals surface area contributed by atoms with Crippen LogP contribution in [0.5, 0.6) is 11.5 Å². The molecule has 0 spiro atoms. The average molecular weight is 383 g/mol. The molecule has 3 aromatic rings. The number of nitrogens with zero attached hydrogens (tertiary/aromatic N) is 1. The van der Waals surface area contributed by atoms with E-state index in [-0.39, 0.29) is 5.91 Å². The third kappa shape index (κ3) is 4.38. The van der Waals surface area contributed by atoms with Crippen LogP contribution in [0.25, 0.3) is 0 Å². The zero-order valence-corrected chi connectivity index (χ0v) is 16.4. The Hall–Kier alpha value is -3.06. The lowest BCUT2D eigenvalue weighted by Crippen LogP contribution is -2.13. The van der Waals surface area contributed by atoms with Gasteiger partial charge in [-0.05, 0) is 43.2 Å². The van der Waals surface area contributed by atoms with Crippen LogP contribution in [0.3, 0.4) is 0 Å². The van der Waals surface area contributed by atoms with E-state index in [1.807, 2.05) is 44.2 Å². The summed E-state index contributed by atoms with van der Waals surface area (Å²) in [4.78, 5) is 16.9.